The average Bonchev–Trinajstić information content (AvgIpc) is 2.69. The fraction of sp³-hybridized carbons (Fsp3) is 0.357. The molecule has 108 valence electrons. The number of nitrogens with one attached hydrogen (secondary N) is 1. The zero-order chi connectivity index (χ0) is 14.7. The van der Waals surface area contributed by atoms with E-state index in [0.717, 1.165) is 17.3 Å². The molecule has 0 saturated heterocycles. The van der Waals surface area contributed by atoms with Crippen molar-refractivity contribution in [2.45, 2.75) is 19.9 Å². The van der Waals surface area contributed by atoms with Crippen LogP contribution in [0.3, 0.4) is 0 Å². The normalized spacial score (nSPS) is 12.4. The van der Waals surface area contributed by atoms with E-state index in [1.807, 2.05) is 29.8 Å². The zero-order valence-corrected chi connectivity index (χ0v) is 13.2. The van der Waals surface area contributed by atoms with E-state index in [2.05, 4.69) is 17.2 Å². The van der Waals surface area contributed by atoms with Gasteiger partial charge in [-0.05, 0) is 32.0 Å². The van der Waals surface area contributed by atoms with E-state index in [1.165, 1.54) is 0 Å². The van der Waals surface area contributed by atoms with Crippen LogP contribution in [-0.2, 0) is 4.74 Å². The number of rotatable bonds is 5. The summed E-state index contributed by atoms with van der Waals surface area (Å²) >= 11 is 12.0. The van der Waals surface area contributed by atoms with Crippen molar-refractivity contribution in [1.29, 1.82) is 0 Å². The Morgan fingerprint density at radius 2 is 1.95 bits per heavy atom. The van der Waals surface area contributed by atoms with Crippen molar-refractivity contribution in [1.82, 2.24) is 9.55 Å². The lowest BCUT2D eigenvalue weighted by Crippen LogP contribution is -2.12. The van der Waals surface area contributed by atoms with Crippen molar-refractivity contribution in [3.8, 4) is 0 Å². The summed E-state index contributed by atoms with van der Waals surface area (Å²) in [6.45, 7) is 4.63. The Labute approximate surface area is 128 Å². The highest BCUT2D eigenvalue weighted by molar-refractivity contribution is 6.35. The number of anilines is 2. The molecule has 0 aliphatic rings. The minimum atomic E-state index is 0.179. The zero-order valence-electron chi connectivity index (χ0n) is 11.7. The maximum Gasteiger partial charge on any atom is 0.207 e. The van der Waals surface area contributed by atoms with Crippen molar-refractivity contribution in [2.24, 2.45) is 0 Å². The minimum absolute atomic E-state index is 0.179. The molecule has 0 amide bonds. The van der Waals surface area contributed by atoms with Crippen molar-refractivity contribution in [3.63, 3.8) is 0 Å². The highest BCUT2D eigenvalue weighted by Gasteiger charge is 2.12. The second-order valence-electron chi connectivity index (χ2n) is 4.70. The van der Waals surface area contributed by atoms with Gasteiger partial charge in [-0.1, -0.05) is 23.2 Å². The van der Waals surface area contributed by atoms with E-state index in [0.29, 0.717) is 16.7 Å². The SMILES string of the molecule is COCC(C)n1cc(C)nc1Nc1cc(Cl)cc(Cl)c1. The van der Waals surface area contributed by atoms with Gasteiger partial charge in [-0.15, -0.1) is 0 Å². The van der Waals surface area contributed by atoms with E-state index in [4.69, 9.17) is 27.9 Å². The number of aromatic nitrogens is 2. The summed E-state index contributed by atoms with van der Waals surface area (Å²) < 4.78 is 7.23. The fourth-order valence-electron chi connectivity index (χ4n) is 2.02. The second-order valence-corrected chi connectivity index (χ2v) is 5.57. The molecule has 1 unspecified atom stereocenters. The molecule has 1 aromatic heterocycles. The van der Waals surface area contributed by atoms with Crippen molar-refractivity contribution < 1.29 is 4.74 Å². The Balaban J connectivity index is 2.28. The van der Waals surface area contributed by atoms with Crippen molar-refractivity contribution in [2.75, 3.05) is 19.0 Å². The van der Waals surface area contributed by atoms with Crippen LogP contribution in [0.25, 0.3) is 0 Å². The molecule has 0 fully saturated rings. The van der Waals surface area contributed by atoms with Crippen LogP contribution in [0, 0.1) is 6.92 Å². The third kappa shape index (κ3) is 3.66. The highest BCUT2D eigenvalue weighted by Crippen LogP contribution is 2.26. The number of hydrogen-bond donors (Lipinski definition) is 1. The van der Waals surface area contributed by atoms with Crippen LogP contribution in [0.5, 0.6) is 0 Å². The summed E-state index contributed by atoms with van der Waals surface area (Å²) in [6.07, 6.45) is 1.98. The van der Waals surface area contributed by atoms with Gasteiger partial charge >= 0.3 is 0 Å². The van der Waals surface area contributed by atoms with Gasteiger partial charge in [-0.25, -0.2) is 4.98 Å². The molecule has 1 aromatic carbocycles. The molecule has 2 aromatic rings. The van der Waals surface area contributed by atoms with Crippen molar-refractivity contribution in [3.05, 3.63) is 40.1 Å². The Kier molecular flexibility index (Phi) is 4.91. The number of imidazole rings is 1. The standard InChI is InChI=1S/C14H17Cl2N3O/c1-9-7-19(10(2)8-20-3)14(17-9)18-13-5-11(15)4-12(16)6-13/h4-7,10H,8H2,1-3H3,(H,17,18). The molecular weight excluding hydrogens is 297 g/mol. The first-order valence-electron chi connectivity index (χ1n) is 6.27. The van der Waals surface area contributed by atoms with Gasteiger partial charge in [0, 0.05) is 29.0 Å². The highest BCUT2D eigenvalue weighted by atomic mass is 35.5. The van der Waals surface area contributed by atoms with Crippen molar-refractivity contribution >= 4 is 34.8 Å². The number of nitrogens with zero attached hydrogens (tertiary/aromatic N) is 2. The first-order valence-corrected chi connectivity index (χ1v) is 7.02. The summed E-state index contributed by atoms with van der Waals surface area (Å²) in [5.41, 5.74) is 1.74. The number of halogens is 2. The average molecular weight is 314 g/mol. The molecule has 2 rings (SSSR count). The minimum Gasteiger partial charge on any atom is -0.383 e. The Morgan fingerprint density at radius 3 is 2.55 bits per heavy atom. The molecule has 0 radical (unpaired) electrons. The topological polar surface area (TPSA) is 39.1 Å². The molecule has 0 saturated carbocycles. The predicted molar refractivity (Wildman–Crippen MR) is 83.3 cm³/mol. The van der Waals surface area contributed by atoms with Gasteiger partial charge in [0.05, 0.1) is 18.3 Å². The molecule has 0 spiro atoms. The molecule has 0 aliphatic heterocycles. The van der Waals surface area contributed by atoms with E-state index in [1.54, 1.807) is 13.2 Å². The van der Waals surface area contributed by atoms with Crippen LogP contribution in [0.2, 0.25) is 10.0 Å². The van der Waals surface area contributed by atoms with Gasteiger partial charge in [0.25, 0.3) is 0 Å². The molecule has 4 nitrogen and oxygen atoms in total. The lowest BCUT2D eigenvalue weighted by atomic mass is 10.3. The molecule has 6 heteroatoms. The maximum atomic E-state index is 6.00. The molecular formula is C14H17Cl2N3O. The lowest BCUT2D eigenvalue weighted by molar-refractivity contribution is 0.163. The van der Waals surface area contributed by atoms with Crippen LogP contribution in [-0.4, -0.2) is 23.3 Å². The van der Waals surface area contributed by atoms with Gasteiger partial charge < -0.3 is 14.6 Å². The molecule has 1 heterocycles. The number of aryl methyl sites for hydroxylation is 1. The molecule has 0 bridgehead atoms. The predicted octanol–water partition coefficient (Wildman–Crippen LogP) is 4.45. The van der Waals surface area contributed by atoms with Crippen LogP contribution in [0.15, 0.2) is 24.4 Å². The molecule has 1 atom stereocenters. The van der Waals surface area contributed by atoms with E-state index in [9.17, 15) is 0 Å². The first kappa shape index (κ1) is 15.2. The quantitative estimate of drug-likeness (QED) is 0.886. The Bertz CT molecular complexity index is 578. The van der Waals surface area contributed by atoms with Gasteiger partial charge in [0.2, 0.25) is 5.95 Å². The monoisotopic (exact) mass is 313 g/mol. The Hall–Kier alpha value is -1.23. The fourth-order valence-corrected chi connectivity index (χ4v) is 2.55. The maximum absolute atomic E-state index is 6.00. The number of ether oxygens (including phenoxy) is 1. The van der Waals surface area contributed by atoms with E-state index in [-0.39, 0.29) is 6.04 Å². The largest absolute Gasteiger partial charge is 0.383 e. The summed E-state index contributed by atoms with van der Waals surface area (Å²) in [5.74, 6) is 0.741. The number of methoxy groups -OCH3 is 1. The lowest BCUT2D eigenvalue weighted by Gasteiger charge is -2.16. The molecule has 1 N–H and O–H groups in total. The van der Waals surface area contributed by atoms with Crippen LogP contribution in [0.4, 0.5) is 11.6 Å². The summed E-state index contributed by atoms with van der Waals surface area (Å²) in [5, 5.41) is 4.41. The third-order valence-corrected chi connectivity index (χ3v) is 3.29. The van der Waals surface area contributed by atoms with Crippen LogP contribution in [0.1, 0.15) is 18.7 Å². The molecule has 20 heavy (non-hydrogen) atoms. The number of benzene rings is 1. The smallest absolute Gasteiger partial charge is 0.207 e. The van der Waals surface area contributed by atoms with Crippen LogP contribution < -0.4 is 5.32 Å². The Morgan fingerprint density at radius 1 is 1.30 bits per heavy atom. The second kappa shape index (κ2) is 6.48. The van der Waals surface area contributed by atoms with Gasteiger partial charge in [0.1, 0.15) is 0 Å². The van der Waals surface area contributed by atoms with E-state index >= 15 is 0 Å². The third-order valence-electron chi connectivity index (χ3n) is 2.85. The molecule has 0 aliphatic carbocycles. The van der Waals surface area contributed by atoms with Gasteiger partial charge in [-0.3, -0.25) is 0 Å². The first-order chi connectivity index (χ1) is 9.49. The van der Waals surface area contributed by atoms with Crippen LogP contribution >= 0.6 is 23.2 Å². The number of hydrogen-bond acceptors (Lipinski definition) is 3. The summed E-state index contributed by atoms with van der Waals surface area (Å²) in [7, 11) is 1.68. The van der Waals surface area contributed by atoms with Gasteiger partial charge in [-0.2, -0.15) is 0 Å². The van der Waals surface area contributed by atoms with Gasteiger partial charge in [0.15, 0.2) is 0 Å². The summed E-state index contributed by atoms with van der Waals surface area (Å²) in [4.78, 5) is 4.48. The summed E-state index contributed by atoms with van der Waals surface area (Å²) in [6, 6.07) is 5.49. The van der Waals surface area contributed by atoms with E-state index < -0.39 is 0 Å².